The molecule has 1 rings (SSSR count). The summed E-state index contributed by atoms with van der Waals surface area (Å²) in [5.74, 6) is 1.00. The zero-order chi connectivity index (χ0) is 15.0. The summed E-state index contributed by atoms with van der Waals surface area (Å²) in [6, 6.07) is 8.56. The minimum atomic E-state index is -0.967. The van der Waals surface area contributed by atoms with E-state index in [-0.39, 0.29) is 5.78 Å². The fraction of sp³-hybridized carbons (Fsp3) is 0.471. The standard InChI is InChI=1S/C17H26O2Si/c1-19-16-12-10-15(11-13-16)17(18)9-7-5-6-8-14-20(2,3)4/h6,8,10-13H,5,7,9,14H2,1-4H3/b8-6-. The monoisotopic (exact) mass is 290 g/mol. The molecule has 0 aromatic heterocycles. The van der Waals surface area contributed by atoms with Gasteiger partial charge in [-0.1, -0.05) is 31.8 Å². The van der Waals surface area contributed by atoms with Crippen LogP contribution in [0.5, 0.6) is 5.75 Å². The van der Waals surface area contributed by atoms with Gasteiger partial charge in [-0.15, -0.1) is 0 Å². The summed E-state index contributed by atoms with van der Waals surface area (Å²) >= 11 is 0. The maximum Gasteiger partial charge on any atom is 0.162 e. The Bertz CT molecular complexity index is 441. The van der Waals surface area contributed by atoms with Gasteiger partial charge >= 0.3 is 0 Å². The second-order valence-electron chi connectivity index (χ2n) is 6.28. The molecule has 3 heteroatoms. The van der Waals surface area contributed by atoms with Crippen LogP contribution in [0.2, 0.25) is 25.7 Å². The fourth-order valence-electron chi connectivity index (χ4n) is 1.86. The number of methoxy groups -OCH3 is 1. The number of unbranched alkanes of at least 4 members (excludes halogenated alkanes) is 1. The van der Waals surface area contributed by atoms with Crippen molar-refractivity contribution in [1.29, 1.82) is 0 Å². The SMILES string of the molecule is COc1ccc(C(=O)CCC/C=C\C[Si](C)(C)C)cc1. The number of hydrogen-bond donors (Lipinski definition) is 0. The quantitative estimate of drug-likeness (QED) is 0.293. The number of hydrogen-bond acceptors (Lipinski definition) is 2. The second-order valence-corrected chi connectivity index (χ2v) is 11.8. The number of carbonyl (C=O) groups is 1. The Balaban J connectivity index is 2.29. The molecule has 0 saturated heterocycles. The number of ketones is 1. The molecule has 0 saturated carbocycles. The molecular weight excluding hydrogens is 264 g/mol. The number of allylic oxidation sites excluding steroid dienone is 2. The molecule has 0 atom stereocenters. The van der Waals surface area contributed by atoms with Crippen LogP contribution in [0.1, 0.15) is 29.6 Å². The van der Waals surface area contributed by atoms with Crippen molar-refractivity contribution in [3.8, 4) is 5.75 Å². The Morgan fingerprint density at radius 1 is 1.15 bits per heavy atom. The maximum absolute atomic E-state index is 12.0. The Morgan fingerprint density at radius 2 is 1.80 bits per heavy atom. The van der Waals surface area contributed by atoms with Crippen LogP contribution in [-0.4, -0.2) is 21.0 Å². The van der Waals surface area contributed by atoms with E-state index in [1.807, 2.05) is 24.3 Å². The van der Waals surface area contributed by atoms with E-state index < -0.39 is 8.07 Å². The van der Waals surface area contributed by atoms with Crippen molar-refractivity contribution in [2.24, 2.45) is 0 Å². The van der Waals surface area contributed by atoms with Crippen LogP contribution in [0.3, 0.4) is 0 Å². The molecule has 110 valence electrons. The molecule has 1 aromatic rings. The molecule has 0 N–H and O–H groups in total. The van der Waals surface area contributed by atoms with Gasteiger partial charge < -0.3 is 4.74 Å². The largest absolute Gasteiger partial charge is 0.497 e. The predicted octanol–water partition coefficient (Wildman–Crippen LogP) is 4.94. The van der Waals surface area contributed by atoms with E-state index in [0.29, 0.717) is 6.42 Å². The number of benzene rings is 1. The van der Waals surface area contributed by atoms with E-state index in [1.54, 1.807) is 7.11 Å². The predicted molar refractivity (Wildman–Crippen MR) is 88.5 cm³/mol. The van der Waals surface area contributed by atoms with Crippen LogP contribution in [0.4, 0.5) is 0 Å². The topological polar surface area (TPSA) is 26.3 Å². The van der Waals surface area contributed by atoms with Crippen LogP contribution in [0, 0.1) is 0 Å². The molecule has 0 bridgehead atoms. The van der Waals surface area contributed by atoms with Crippen LogP contribution >= 0.6 is 0 Å². The van der Waals surface area contributed by atoms with Gasteiger partial charge in [-0.3, -0.25) is 4.79 Å². The zero-order valence-corrected chi connectivity index (χ0v) is 14.1. The first kappa shape index (κ1) is 16.7. The number of rotatable bonds is 8. The smallest absolute Gasteiger partial charge is 0.162 e. The minimum absolute atomic E-state index is 0.214. The van der Waals surface area contributed by atoms with Gasteiger partial charge in [0.2, 0.25) is 0 Å². The molecule has 1 aromatic carbocycles. The summed E-state index contributed by atoms with van der Waals surface area (Å²) in [6.45, 7) is 7.10. The highest BCUT2D eigenvalue weighted by atomic mass is 28.3. The normalized spacial score (nSPS) is 11.8. The van der Waals surface area contributed by atoms with Gasteiger partial charge in [-0.25, -0.2) is 0 Å². The summed E-state index contributed by atoms with van der Waals surface area (Å²) in [5.41, 5.74) is 0.775. The van der Waals surface area contributed by atoms with Gasteiger partial charge in [-0.05, 0) is 43.2 Å². The van der Waals surface area contributed by atoms with Crippen molar-refractivity contribution in [2.75, 3.05) is 7.11 Å². The van der Waals surface area contributed by atoms with Crippen molar-refractivity contribution in [3.05, 3.63) is 42.0 Å². The lowest BCUT2D eigenvalue weighted by molar-refractivity contribution is 0.0980. The maximum atomic E-state index is 12.0. The highest BCUT2D eigenvalue weighted by Crippen LogP contribution is 2.14. The summed E-state index contributed by atoms with van der Waals surface area (Å²) in [7, 11) is 0.662. The Hall–Kier alpha value is -1.35. The first-order valence-electron chi connectivity index (χ1n) is 7.24. The molecule has 20 heavy (non-hydrogen) atoms. The van der Waals surface area contributed by atoms with Crippen molar-refractivity contribution < 1.29 is 9.53 Å². The average Bonchev–Trinajstić information content (AvgIpc) is 2.41. The van der Waals surface area contributed by atoms with Gasteiger partial charge in [-0.2, -0.15) is 0 Å². The average molecular weight is 290 g/mol. The number of ether oxygens (including phenoxy) is 1. The molecular formula is C17H26O2Si. The molecule has 0 unspecified atom stereocenters. The third kappa shape index (κ3) is 6.71. The first-order chi connectivity index (χ1) is 9.42. The van der Waals surface area contributed by atoms with E-state index in [9.17, 15) is 4.79 Å². The molecule has 0 spiro atoms. The third-order valence-electron chi connectivity index (χ3n) is 3.08. The molecule has 0 amide bonds. The number of Topliss-reactive ketones (excluding diaryl/α,β-unsaturated/α-hetero) is 1. The van der Waals surface area contributed by atoms with Crippen LogP contribution in [0.15, 0.2) is 36.4 Å². The van der Waals surface area contributed by atoms with Gasteiger partial charge in [0.15, 0.2) is 5.78 Å². The molecule has 0 aliphatic heterocycles. The van der Waals surface area contributed by atoms with Gasteiger partial charge in [0.25, 0.3) is 0 Å². The van der Waals surface area contributed by atoms with Crippen molar-refractivity contribution in [1.82, 2.24) is 0 Å². The highest BCUT2D eigenvalue weighted by molar-refractivity contribution is 6.76. The highest BCUT2D eigenvalue weighted by Gasteiger charge is 2.09. The number of carbonyl (C=O) groups excluding carboxylic acids is 1. The van der Waals surface area contributed by atoms with E-state index in [4.69, 9.17) is 4.74 Å². The third-order valence-corrected chi connectivity index (χ3v) is 4.54. The molecule has 0 aliphatic rings. The van der Waals surface area contributed by atoms with Gasteiger partial charge in [0, 0.05) is 20.1 Å². The molecule has 0 radical (unpaired) electrons. The Labute approximate surface area is 123 Å². The Kier molecular flexibility index (Phi) is 6.72. The summed E-state index contributed by atoms with van der Waals surface area (Å²) in [4.78, 5) is 12.0. The van der Waals surface area contributed by atoms with E-state index >= 15 is 0 Å². The fourth-order valence-corrected chi connectivity index (χ4v) is 2.73. The second kappa shape index (κ2) is 8.05. The van der Waals surface area contributed by atoms with Gasteiger partial charge in [0.1, 0.15) is 5.75 Å². The van der Waals surface area contributed by atoms with Crippen LogP contribution < -0.4 is 4.74 Å². The van der Waals surface area contributed by atoms with E-state index in [1.165, 1.54) is 6.04 Å². The van der Waals surface area contributed by atoms with E-state index in [0.717, 1.165) is 24.2 Å². The lowest BCUT2D eigenvalue weighted by Gasteiger charge is -2.11. The zero-order valence-electron chi connectivity index (χ0n) is 13.1. The summed E-state index contributed by atoms with van der Waals surface area (Å²) in [6.07, 6.45) is 7.03. The lowest BCUT2D eigenvalue weighted by Crippen LogP contribution is -2.17. The van der Waals surface area contributed by atoms with E-state index in [2.05, 4.69) is 31.8 Å². The lowest BCUT2D eigenvalue weighted by atomic mass is 10.1. The Morgan fingerprint density at radius 3 is 2.35 bits per heavy atom. The molecule has 0 heterocycles. The molecule has 0 fully saturated rings. The summed E-state index contributed by atoms with van der Waals surface area (Å²) in [5, 5.41) is 0. The van der Waals surface area contributed by atoms with Crippen molar-refractivity contribution in [2.45, 2.75) is 44.9 Å². The van der Waals surface area contributed by atoms with Crippen LogP contribution in [0.25, 0.3) is 0 Å². The van der Waals surface area contributed by atoms with Crippen molar-refractivity contribution in [3.63, 3.8) is 0 Å². The minimum Gasteiger partial charge on any atom is -0.497 e. The molecule has 0 aliphatic carbocycles. The van der Waals surface area contributed by atoms with Crippen LogP contribution in [-0.2, 0) is 0 Å². The van der Waals surface area contributed by atoms with Crippen molar-refractivity contribution >= 4 is 13.9 Å². The summed E-state index contributed by atoms with van der Waals surface area (Å²) < 4.78 is 5.08. The van der Waals surface area contributed by atoms with Gasteiger partial charge in [0.05, 0.1) is 7.11 Å². The molecule has 2 nitrogen and oxygen atoms in total. The first-order valence-corrected chi connectivity index (χ1v) is 11.0.